The molecule has 0 aromatic heterocycles. The van der Waals surface area contributed by atoms with Crippen LogP contribution in [-0.2, 0) is 23.9 Å². The Balaban J connectivity index is 1.86. The Hall–Kier alpha value is -1.77. The molecule has 1 heterocycles. The number of hydrogen-bond donors (Lipinski definition) is 3. The molecule has 0 amide bonds. The van der Waals surface area contributed by atoms with E-state index in [9.17, 15) is 29.7 Å². The average Bonchev–Trinajstić information content (AvgIpc) is 2.99. The Kier molecular flexibility index (Phi) is 6.93. The van der Waals surface area contributed by atoms with Crippen molar-refractivity contribution in [1.82, 2.24) is 0 Å². The van der Waals surface area contributed by atoms with E-state index in [2.05, 4.69) is 6.92 Å². The van der Waals surface area contributed by atoms with Crippen LogP contribution in [0.5, 0.6) is 0 Å². The van der Waals surface area contributed by atoms with Gasteiger partial charge in [0, 0.05) is 0 Å². The monoisotopic (exact) mass is 438 g/mol. The lowest BCUT2D eigenvalue weighted by atomic mass is 9.46. The number of unbranched alkanes of at least 4 members (excludes halogenated alkanes) is 3. The van der Waals surface area contributed by atoms with Gasteiger partial charge in [0.15, 0.2) is 6.10 Å². The van der Waals surface area contributed by atoms with Crippen molar-refractivity contribution in [2.75, 3.05) is 0 Å². The van der Waals surface area contributed by atoms with Gasteiger partial charge in [-0.3, -0.25) is 9.59 Å². The maximum atomic E-state index is 13.0. The fraction of sp³-hybridized carbons (Fsp3) is 0.783. The summed E-state index contributed by atoms with van der Waals surface area (Å²) in [6.07, 6.45) is 1.37. The molecule has 174 valence electrons. The highest BCUT2D eigenvalue weighted by atomic mass is 16.6. The third-order valence-corrected chi connectivity index (χ3v) is 7.43. The number of rotatable bonds is 8. The Morgan fingerprint density at radius 2 is 2.03 bits per heavy atom. The maximum absolute atomic E-state index is 13.0. The molecule has 1 spiro atoms. The predicted molar refractivity (Wildman–Crippen MR) is 109 cm³/mol. The molecule has 3 N–H and O–H groups in total. The average molecular weight is 439 g/mol. The van der Waals surface area contributed by atoms with Crippen molar-refractivity contribution in [2.45, 2.75) is 90.3 Å². The zero-order valence-corrected chi connectivity index (χ0v) is 18.5. The highest BCUT2D eigenvalue weighted by Crippen LogP contribution is 2.63. The van der Waals surface area contributed by atoms with Crippen LogP contribution in [0.25, 0.3) is 0 Å². The number of hydrogen-bond acceptors (Lipinski definition) is 8. The van der Waals surface area contributed by atoms with Gasteiger partial charge in [0.1, 0.15) is 23.9 Å². The van der Waals surface area contributed by atoms with Crippen molar-refractivity contribution in [3.8, 4) is 0 Å². The molecule has 2 aliphatic carbocycles. The molecule has 2 fully saturated rings. The number of aldehydes is 1. The molecule has 0 aromatic carbocycles. The van der Waals surface area contributed by atoms with Gasteiger partial charge in [-0.1, -0.05) is 52.5 Å². The number of aliphatic hydroxyl groups excluding tert-OH is 3. The van der Waals surface area contributed by atoms with Crippen LogP contribution in [0, 0.1) is 22.7 Å². The second-order valence-electron chi connectivity index (χ2n) is 9.79. The number of aliphatic hydroxyl groups is 3. The van der Waals surface area contributed by atoms with Crippen molar-refractivity contribution in [2.24, 2.45) is 22.7 Å². The van der Waals surface area contributed by atoms with Crippen LogP contribution in [0.1, 0.15) is 65.7 Å². The summed E-state index contributed by atoms with van der Waals surface area (Å²) in [5.41, 5.74) is -1.96. The molecule has 1 saturated carbocycles. The third kappa shape index (κ3) is 3.94. The highest BCUT2D eigenvalue weighted by molar-refractivity contribution is 5.87. The third-order valence-electron chi connectivity index (χ3n) is 7.43. The summed E-state index contributed by atoms with van der Waals surface area (Å²) in [5.74, 6) is -3.08. The minimum absolute atomic E-state index is 0.201. The van der Waals surface area contributed by atoms with Crippen molar-refractivity contribution < 1.29 is 39.2 Å². The number of cyclic esters (lactones) is 1. The SMILES string of the molecule is CCCCCC[C@@H](O)C(=O)O[C@H]1CC(C)(C)[C@H]2CC=C(C=O)[C@@H]3[C@@H](O)OC(=O)[C@@]32[C@H]1O. The lowest BCUT2D eigenvalue weighted by Gasteiger charge is -2.56. The van der Waals surface area contributed by atoms with Gasteiger partial charge in [0.05, 0.1) is 5.92 Å². The first-order valence-electron chi connectivity index (χ1n) is 11.2. The molecule has 1 aliphatic heterocycles. The van der Waals surface area contributed by atoms with E-state index in [1.54, 1.807) is 6.08 Å². The molecule has 0 aromatic rings. The van der Waals surface area contributed by atoms with E-state index in [0.717, 1.165) is 19.3 Å². The Bertz CT molecular complexity index is 744. The normalized spacial score (nSPS) is 37.2. The zero-order valence-electron chi connectivity index (χ0n) is 18.5. The number of ether oxygens (including phenoxy) is 2. The highest BCUT2D eigenvalue weighted by Gasteiger charge is 2.73. The minimum atomic E-state index is -1.59. The molecular formula is C23H34O8. The van der Waals surface area contributed by atoms with E-state index in [4.69, 9.17) is 9.47 Å². The molecular weight excluding hydrogens is 404 g/mol. The molecule has 31 heavy (non-hydrogen) atoms. The smallest absolute Gasteiger partial charge is 0.335 e. The number of esters is 2. The number of carbonyl (C=O) groups is 3. The summed E-state index contributed by atoms with van der Waals surface area (Å²) in [4.78, 5) is 37.2. The quantitative estimate of drug-likeness (QED) is 0.296. The molecule has 1 saturated heterocycles. The van der Waals surface area contributed by atoms with Gasteiger partial charge in [-0.15, -0.1) is 0 Å². The van der Waals surface area contributed by atoms with Gasteiger partial charge in [-0.05, 0) is 36.2 Å². The molecule has 3 aliphatic rings. The Morgan fingerprint density at radius 1 is 1.32 bits per heavy atom. The van der Waals surface area contributed by atoms with Crippen LogP contribution in [0.4, 0.5) is 0 Å². The Morgan fingerprint density at radius 3 is 2.68 bits per heavy atom. The van der Waals surface area contributed by atoms with Gasteiger partial charge in [-0.2, -0.15) is 0 Å². The largest absolute Gasteiger partial charge is 0.458 e. The van der Waals surface area contributed by atoms with Gasteiger partial charge >= 0.3 is 11.9 Å². The number of carbonyl (C=O) groups excluding carboxylic acids is 3. The summed E-state index contributed by atoms with van der Waals surface area (Å²) in [6.45, 7) is 5.88. The van der Waals surface area contributed by atoms with Crippen LogP contribution >= 0.6 is 0 Å². The first kappa shape index (κ1) is 23.9. The molecule has 0 unspecified atom stereocenters. The van der Waals surface area contributed by atoms with Crippen LogP contribution in [0.15, 0.2) is 11.6 Å². The molecule has 8 nitrogen and oxygen atoms in total. The van der Waals surface area contributed by atoms with Crippen molar-refractivity contribution in [1.29, 1.82) is 0 Å². The van der Waals surface area contributed by atoms with Crippen molar-refractivity contribution in [3.05, 3.63) is 11.6 Å². The van der Waals surface area contributed by atoms with E-state index in [-0.39, 0.29) is 18.4 Å². The maximum Gasteiger partial charge on any atom is 0.335 e. The van der Waals surface area contributed by atoms with E-state index in [0.29, 0.717) is 19.1 Å². The van der Waals surface area contributed by atoms with Crippen LogP contribution in [-0.4, -0.2) is 58.1 Å². The van der Waals surface area contributed by atoms with Gasteiger partial charge in [0.2, 0.25) is 6.29 Å². The summed E-state index contributed by atoms with van der Waals surface area (Å²) in [7, 11) is 0. The molecule has 0 radical (unpaired) electrons. The summed E-state index contributed by atoms with van der Waals surface area (Å²) >= 11 is 0. The van der Waals surface area contributed by atoms with E-state index in [1.807, 2.05) is 13.8 Å². The second kappa shape index (κ2) is 9.00. The first-order valence-corrected chi connectivity index (χ1v) is 11.2. The molecule has 7 atom stereocenters. The summed E-state index contributed by atoms with van der Waals surface area (Å²) in [6, 6.07) is 0. The van der Waals surface area contributed by atoms with E-state index in [1.165, 1.54) is 0 Å². The zero-order chi connectivity index (χ0) is 23.0. The number of allylic oxidation sites excluding steroid dienone is 1. The first-order chi connectivity index (χ1) is 14.6. The predicted octanol–water partition coefficient (Wildman–Crippen LogP) is 1.64. The summed E-state index contributed by atoms with van der Waals surface area (Å²) < 4.78 is 10.6. The second-order valence-corrected chi connectivity index (χ2v) is 9.79. The summed E-state index contributed by atoms with van der Waals surface area (Å²) in [5, 5.41) is 31.9. The van der Waals surface area contributed by atoms with Crippen LogP contribution < -0.4 is 0 Å². The standard InChI is InChI=1S/C23H34O8/c1-4-5-6-7-8-14(25)19(27)30-15-11-22(2,3)16-10-9-13(12-24)17-20(28)31-21(29)23(16,17)18(15)26/h9,12,14-18,20,25-26,28H,4-8,10-11H2,1-3H3/t14-,15+,16-,17-,18+,20+,23-/m1/s1. The molecule has 3 rings (SSSR count). The lowest BCUT2D eigenvalue weighted by molar-refractivity contribution is -0.211. The van der Waals surface area contributed by atoms with Gasteiger partial charge in [-0.25, -0.2) is 4.79 Å². The Labute approximate surface area is 182 Å². The molecule has 8 heteroatoms. The van der Waals surface area contributed by atoms with Crippen molar-refractivity contribution >= 4 is 18.2 Å². The molecule has 0 bridgehead atoms. The van der Waals surface area contributed by atoms with Gasteiger partial charge < -0.3 is 24.8 Å². The van der Waals surface area contributed by atoms with Crippen LogP contribution in [0.2, 0.25) is 0 Å². The van der Waals surface area contributed by atoms with Gasteiger partial charge in [0.25, 0.3) is 0 Å². The topological polar surface area (TPSA) is 130 Å². The van der Waals surface area contributed by atoms with E-state index >= 15 is 0 Å². The van der Waals surface area contributed by atoms with Crippen LogP contribution in [0.3, 0.4) is 0 Å². The fourth-order valence-corrected chi connectivity index (χ4v) is 5.91. The van der Waals surface area contributed by atoms with Crippen molar-refractivity contribution in [3.63, 3.8) is 0 Å². The fourth-order valence-electron chi connectivity index (χ4n) is 5.91. The minimum Gasteiger partial charge on any atom is -0.458 e. The lowest BCUT2D eigenvalue weighted by Crippen LogP contribution is -2.65. The van der Waals surface area contributed by atoms with E-state index < -0.39 is 59.2 Å².